The van der Waals surface area contributed by atoms with Crippen molar-refractivity contribution in [2.75, 3.05) is 27.7 Å². The van der Waals surface area contributed by atoms with E-state index in [2.05, 4.69) is 11.6 Å². The molecule has 82 valence electrons. The highest BCUT2D eigenvalue weighted by atomic mass is 16.4. The van der Waals surface area contributed by atoms with Gasteiger partial charge in [-0.15, -0.1) is 0 Å². The standard InChI is InChI=1S/C10H20N2O2/c1-11(2)8-6-5-7-9(10(13)14)12(3)4/h9H,3,5-8H2,1-2,4H3/p+1. The lowest BCUT2D eigenvalue weighted by Gasteiger charge is -2.10. The zero-order valence-corrected chi connectivity index (χ0v) is 9.36. The Hall–Kier alpha value is -0.900. The number of rotatable bonds is 7. The van der Waals surface area contributed by atoms with Crippen molar-refractivity contribution in [2.45, 2.75) is 25.3 Å². The first kappa shape index (κ1) is 13.1. The van der Waals surface area contributed by atoms with Gasteiger partial charge >= 0.3 is 5.97 Å². The van der Waals surface area contributed by atoms with E-state index < -0.39 is 12.0 Å². The molecule has 0 amide bonds. The number of carboxylic acids is 1. The summed E-state index contributed by atoms with van der Waals surface area (Å²) in [4.78, 5) is 12.9. The molecule has 1 atom stereocenters. The minimum atomic E-state index is -0.785. The molecule has 0 saturated heterocycles. The van der Waals surface area contributed by atoms with Crippen LogP contribution in [0.5, 0.6) is 0 Å². The summed E-state index contributed by atoms with van der Waals surface area (Å²) < 4.78 is 1.51. The van der Waals surface area contributed by atoms with Crippen molar-refractivity contribution in [3.63, 3.8) is 0 Å². The van der Waals surface area contributed by atoms with E-state index >= 15 is 0 Å². The number of nitrogens with zero attached hydrogens (tertiary/aromatic N) is 2. The van der Waals surface area contributed by atoms with Crippen molar-refractivity contribution >= 4 is 12.7 Å². The van der Waals surface area contributed by atoms with Gasteiger partial charge in [0.2, 0.25) is 6.04 Å². The Morgan fingerprint density at radius 1 is 1.50 bits per heavy atom. The summed E-state index contributed by atoms with van der Waals surface area (Å²) in [5.74, 6) is -0.785. The van der Waals surface area contributed by atoms with E-state index in [0.29, 0.717) is 6.42 Å². The quantitative estimate of drug-likeness (QED) is 0.371. The summed E-state index contributed by atoms with van der Waals surface area (Å²) in [5.41, 5.74) is 0. The van der Waals surface area contributed by atoms with E-state index in [4.69, 9.17) is 5.11 Å². The number of aliphatic carboxylic acids is 1. The summed E-state index contributed by atoms with van der Waals surface area (Å²) in [7, 11) is 5.73. The van der Waals surface area contributed by atoms with Gasteiger partial charge in [-0.05, 0) is 33.5 Å². The van der Waals surface area contributed by atoms with E-state index in [-0.39, 0.29) is 0 Å². The van der Waals surface area contributed by atoms with Crippen LogP contribution in [0.3, 0.4) is 0 Å². The molecule has 4 nitrogen and oxygen atoms in total. The van der Waals surface area contributed by atoms with Crippen LogP contribution in [0.2, 0.25) is 0 Å². The summed E-state index contributed by atoms with van der Waals surface area (Å²) in [6.45, 7) is 4.62. The van der Waals surface area contributed by atoms with Gasteiger partial charge in [0.1, 0.15) is 13.8 Å². The number of likely N-dealkylation sites (N-methyl/N-ethyl adjacent to an activating group) is 1. The van der Waals surface area contributed by atoms with Crippen LogP contribution >= 0.6 is 0 Å². The maximum absolute atomic E-state index is 10.8. The topological polar surface area (TPSA) is 43.5 Å². The Labute approximate surface area is 85.8 Å². The number of hydrogen-bond donors (Lipinski definition) is 1. The normalized spacial score (nSPS) is 12.9. The third-order valence-corrected chi connectivity index (χ3v) is 2.15. The van der Waals surface area contributed by atoms with Gasteiger partial charge in [-0.1, -0.05) is 0 Å². The first-order chi connectivity index (χ1) is 6.45. The van der Waals surface area contributed by atoms with Crippen LogP contribution in [0.25, 0.3) is 0 Å². The van der Waals surface area contributed by atoms with Crippen LogP contribution in [-0.4, -0.2) is 61.0 Å². The molecule has 0 heterocycles. The zero-order valence-electron chi connectivity index (χ0n) is 9.36. The Balaban J connectivity index is 3.73. The van der Waals surface area contributed by atoms with Crippen molar-refractivity contribution in [1.29, 1.82) is 0 Å². The second-order valence-corrected chi connectivity index (χ2v) is 3.91. The molecule has 0 fully saturated rings. The monoisotopic (exact) mass is 201 g/mol. The smallest absolute Gasteiger partial charge is 0.372 e. The molecular weight excluding hydrogens is 180 g/mol. The van der Waals surface area contributed by atoms with Crippen LogP contribution in [0.4, 0.5) is 0 Å². The Bertz CT molecular complexity index is 188. The molecule has 4 heteroatoms. The maximum atomic E-state index is 10.8. The molecule has 0 aliphatic carbocycles. The van der Waals surface area contributed by atoms with Gasteiger partial charge in [0.25, 0.3) is 0 Å². The van der Waals surface area contributed by atoms with Gasteiger partial charge in [-0.3, -0.25) is 0 Å². The van der Waals surface area contributed by atoms with Gasteiger partial charge in [0.15, 0.2) is 0 Å². The fraction of sp³-hybridized carbons (Fsp3) is 0.800. The van der Waals surface area contributed by atoms with Gasteiger partial charge in [0.05, 0.1) is 0 Å². The highest BCUT2D eigenvalue weighted by Crippen LogP contribution is 2.04. The number of carboxylic acid groups (broad SMARTS) is 1. The molecule has 0 aromatic rings. The fourth-order valence-electron chi connectivity index (χ4n) is 1.30. The van der Waals surface area contributed by atoms with Gasteiger partial charge in [0, 0.05) is 6.42 Å². The lowest BCUT2D eigenvalue weighted by Crippen LogP contribution is -2.30. The Morgan fingerprint density at radius 3 is 2.43 bits per heavy atom. The molecule has 0 aliphatic heterocycles. The number of hydrogen-bond acceptors (Lipinski definition) is 2. The Kier molecular flexibility index (Phi) is 6.12. The third kappa shape index (κ3) is 5.70. The molecule has 14 heavy (non-hydrogen) atoms. The molecular formula is C10H21N2O2+. The van der Waals surface area contributed by atoms with Crippen LogP contribution in [-0.2, 0) is 4.79 Å². The van der Waals surface area contributed by atoms with Crippen molar-refractivity contribution in [3.05, 3.63) is 0 Å². The molecule has 0 aromatic heterocycles. The minimum absolute atomic E-state index is 0.447. The van der Waals surface area contributed by atoms with E-state index in [1.807, 2.05) is 14.1 Å². The van der Waals surface area contributed by atoms with E-state index in [1.165, 1.54) is 4.58 Å². The van der Waals surface area contributed by atoms with Crippen LogP contribution in [0.15, 0.2) is 0 Å². The predicted octanol–water partition coefficient (Wildman–Crippen LogP) is 0.514. The molecule has 0 rings (SSSR count). The highest BCUT2D eigenvalue weighted by molar-refractivity contribution is 5.72. The molecule has 0 aromatic carbocycles. The molecule has 0 bridgehead atoms. The number of unbranched alkanes of at least 4 members (excludes halogenated alkanes) is 1. The Morgan fingerprint density at radius 2 is 2.07 bits per heavy atom. The van der Waals surface area contributed by atoms with Crippen LogP contribution < -0.4 is 0 Å². The average Bonchev–Trinajstić information content (AvgIpc) is 2.01. The fourth-order valence-corrected chi connectivity index (χ4v) is 1.30. The zero-order chi connectivity index (χ0) is 11.1. The largest absolute Gasteiger partial charge is 0.476 e. The summed E-state index contributed by atoms with van der Waals surface area (Å²) in [6, 6.07) is -0.447. The first-order valence-electron chi connectivity index (χ1n) is 4.86. The third-order valence-electron chi connectivity index (χ3n) is 2.15. The van der Waals surface area contributed by atoms with Crippen molar-refractivity contribution in [2.24, 2.45) is 0 Å². The summed E-state index contributed by atoms with van der Waals surface area (Å²) in [6.07, 6.45) is 2.63. The summed E-state index contributed by atoms with van der Waals surface area (Å²) in [5, 5.41) is 8.86. The lowest BCUT2D eigenvalue weighted by atomic mass is 10.1. The van der Waals surface area contributed by atoms with Gasteiger partial charge in [-0.2, -0.15) is 0 Å². The molecule has 0 aliphatic rings. The van der Waals surface area contributed by atoms with Crippen LogP contribution in [0.1, 0.15) is 19.3 Å². The SMILES string of the molecule is C=[N+](C)C(CCCCN(C)C)C(=O)O. The molecule has 0 saturated carbocycles. The molecule has 1 N–H and O–H groups in total. The van der Waals surface area contributed by atoms with E-state index in [0.717, 1.165) is 19.4 Å². The molecule has 1 unspecified atom stereocenters. The summed E-state index contributed by atoms with van der Waals surface area (Å²) >= 11 is 0. The molecule has 0 radical (unpaired) electrons. The second-order valence-electron chi connectivity index (χ2n) is 3.91. The lowest BCUT2D eigenvalue weighted by molar-refractivity contribution is -0.518. The molecule has 0 spiro atoms. The second kappa shape index (κ2) is 6.54. The van der Waals surface area contributed by atoms with Crippen molar-refractivity contribution in [3.8, 4) is 0 Å². The highest BCUT2D eigenvalue weighted by Gasteiger charge is 2.23. The average molecular weight is 201 g/mol. The first-order valence-corrected chi connectivity index (χ1v) is 4.86. The van der Waals surface area contributed by atoms with Crippen LogP contribution in [0, 0.1) is 0 Å². The minimum Gasteiger partial charge on any atom is -0.476 e. The van der Waals surface area contributed by atoms with Crippen molar-refractivity contribution in [1.82, 2.24) is 4.90 Å². The van der Waals surface area contributed by atoms with E-state index in [9.17, 15) is 4.79 Å². The maximum Gasteiger partial charge on any atom is 0.372 e. The van der Waals surface area contributed by atoms with Crippen molar-refractivity contribution < 1.29 is 14.5 Å². The number of carbonyl (C=O) groups is 1. The van der Waals surface area contributed by atoms with E-state index in [1.54, 1.807) is 7.05 Å². The van der Waals surface area contributed by atoms with Gasteiger partial charge in [-0.25, -0.2) is 9.37 Å². The predicted molar refractivity (Wildman–Crippen MR) is 57.1 cm³/mol. The van der Waals surface area contributed by atoms with Gasteiger partial charge < -0.3 is 10.0 Å².